The van der Waals surface area contributed by atoms with Crippen LogP contribution in [0.1, 0.15) is 18.4 Å². The summed E-state index contributed by atoms with van der Waals surface area (Å²) in [5, 5.41) is 9.94. The van der Waals surface area contributed by atoms with Crippen LogP contribution in [-0.4, -0.2) is 0 Å². The van der Waals surface area contributed by atoms with Gasteiger partial charge in [-0.1, -0.05) is 42.0 Å². The lowest BCUT2D eigenvalue weighted by Gasteiger charge is -2.21. The molecule has 1 aromatic rings. The van der Waals surface area contributed by atoms with Gasteiger partial charge >= 0.3 is 0 Å². The van der Waals surface area contributed by atoms with E-state index in [0.29, 0.717) is 5.02 Å². The first kappa shape index (κ1) is 9.30. The van der Waals surface area contributed by atoms with Crippen LogP contribution in [0.15, 0.2) is 36.4 Å². The Labute approximate surface area is 88.6 Å². The van der Waals surface area contributed by atoms with Crippen LogP contribution in [0.2, 0.25) is 5.02 Å². The van der Waals surface area contributed by atoms with E-state index < -0.39 is 5.41 Å². The topological polar surface area (TPSA) is 23.8 Å². The van der Waals surface area contributed by atoms with Gasteiger partial charge in [0.05, 0.1) is 11.5 Å². The highest BCUT2D eigenvalue weighted by molar-refractivity contribution is 6.31. The normalized spacial score (nSPS) is 18.0. The number of hydrogen-bond acceptors (Lipinski definition) is 1. The number of benzene rings is 1. The molecule has 14 heavy (non-hydrogen) atoms. The molecule has 1 nitrogen and oxygen atoms in total. The van der Waals surface area contributed by atoms with Crippen LogP contribution in [0.5, 0.6) is 0 Å². The van der Waals surface area contributed by atoms with Gasteiger partial charge in [-0.05, 0) is 24.5 Å². The fourth-order valence-electron chi connectivity index (χ4n) is 1.87. The highest BCUT2D eigenvalue weighted by atomic mass is 35.5. The first-order valence-electron chi connectivity index (χ1n) is 4.60. The zero-order chi connectivity index (χ0) is 10.0. The predicted molar refractivity (Wildman–Crippen MR) is 57.1 cm³/mol. The molecule has 0 bridgehead atoms. The first-order valence-corrected chi connectivity index (χ1v) is 4.97. The van der Waals surface area contributed by atoms with Gasteiger partial charge in [0.2, 0.25) is 0 Å². The summed E-state index contributed by atoms with van der Waals surface area (Å²) >= 11 is 6.09. The van der Waals surface area contributed by atoms with Crippen molar-refractivity contribution in [3.05, 3.63) is 47.0 Å². The van der Waals surface area contributed by atoms with E-state index in [0.717, 1.165) is 18.4 Å². The van der Waals surface area contributed by atoms with Crippen molar-refractivity contribution in [3.63, 3.8) is 0 Å². The molecule has 0 saturated heterocycles. The van der Waals surface area contributed by atoms with Gasteiger partial charge in [0.15, 0.2) is 0 Å². The van der Waals surface area contributed by atoms with Crippen LogP contribution < -0.4 is 0 Å². The largest absolute Gasteiger partial charge is 0.197 e. The molecule has 0 aromatic heterocycles. The Morgan fingerprint density at radius 3 is 2.43 bits per heavy atom. The Balaban J connectivity index is 2.49. The van der Waals surface area contributed by atoms with Crippen LogP contribution in [0.3, 0.4) is 0 Å². The molecule has 2 rings (SSSR count). The second-order valence-electron chi connectivity index (χ2n) is 3.55. The molecule has 0 atom stereocenters. The van der Waals surface area contributed by atoms with Crippen LogP contribution in [0.25, 0.3) is 0 Å². The molecule has 0 heterocycles. The standard InChI is InChI=1S/C12H10ClN/c13-11-6-2-1-5-10(11)12(9-14)7-3-4-8-12/h1-6H,7-8H2. The molecule has 0 spiro atoms. The number of hydrogen-bond donors (Lipinski definition) is 0. The van der Waals surface area contributed by atoms with Gasteiger partial charge in [-0.15, -0.1) is 0 Å². The first-order chi connectivity index (χ1) is 6.78. The monoisotopic (exact) mass is 203 g/mol. The van der Waals surface area contributed by atoms with Gasteiger partial charge in [-0.25, -0.2) is 0 Å². The molecule has 1 aliphatic rings. The minimum atomic E-state index is -0.418. The highest BCUT2D eigenvalue weighted by Crippen LogP contribution is 2.39. The Morgan fingerprint density at radius 2 is 1.86 bits per heavy atom. The second kappa shape index (κ2) is 3.48. The maximum atomic E-state index is 9.25. The molecule has 1 aliphatic carbocycles. The van der Waals surface area contributed by atoms with Crippen molar-refractivity contribution in [1.82, 2.24) is 0 Å². The maximum absolute atomic E-state index is 9.25. The minimum Gasteiger partial charge on any atom is -0.197 e. The van der Waals surface area contributed by atoms with Crippen molar-refractivity contribution in [1.29, 1.82) is 5.26 Å². The lowest BCUT2D eigenvalue weighted by atomic mass is 9.80. The summed E-state index contributed by atoms with van der Waals surface area (Å²) in [6, 6.07) is 9.99. The fourth-order valence-corrected chi connectivity index (χ4v) is 2.19. The van der Waals surface area contributed by atoms with Gasteiger partial charge in [-0.3, -0.25) is 0 Å². The van der Waals surface area contributed by atoms with Crippen molar-refractivity contribution in [2.24, 2.45) is 0 Å². The predicted octanol–water partition coefficient (Wildman–Crippen LogP) is 3.45. The van der Waals surface area contributed by atoms with Crippen LogP contribution in [-0.2, 0) is 5.41 Å². The quantitative estimate of drug-likeness (QED) is 0.642. The zero-order valence-electron chi connectivity index (χ0n) is 7.70. The third-order valence-corrected chi connectivity index (χ3v) is 3.03. The maximum Gasteiger partial charge on any atom is 0.0905 e. The molecule has 0 fully saturated rings. The molecule has 0 saturated carbocycles. The number of halogens is 1. The smallest absolute Gasteiger partial charge is 0.0905 e. The molecular formula is C12H10ClN. The zero-order valence-corrected chi connectivity index (χ0v) is 8.46. The van der Waals surface area contributed by atoms with Crippen molar-refractivity contribution < 1.29 is 0 Å². The average molecular weight is 204 g/mol. The molecule has 0 N–H and O–H groups in total. The highest BCUT2D eigenvalue weighted by Gasteiger charge is 2.34. The lowest BCUT2D eigenvalue weighted by Crippen LogP contribution is -2.20. The van der Waals surface area contributed by atoms with Gasteiger partial charge in [-0.2, -0.15) is 5.26 Å². The molecule has 70 valence electrons. The van der Waals surface area contributed by atoms with E-state index in [9.17, 15) is 5.26 Å². The van der Waals surface area contributed by atoms with E-state index >= 15 is 0 Å². The number of allylic oxidation sites excluding steroid dienone is 2. The number of nitrogens with zero attached hydrogens (tertiary/aromatic N) is 1. The van der Waals surface area contributed by atoms with Crippen molar-refractivity contribution in [2.75, 3.05) is 0 Å². The van der Waals surface area contributed by atoms with Gasteiger partial charge in [0.25, 0.3) is 0 Å². The van der Waals surface area contributed by atoms with Gasteiger partial charge < -0.3 is 0 Å². The van der Waals surface area contributed by atoms with Crippen LogP contribution in [0.4, 0.5) is 0 Å². The second-order valence-corrected chi connectivity index (χ2v) is 3.96. The van der Waals surface area contributed by atoms with E-state index in [1.807, 2.05) is 36.4 Å². The van der Waals surface area contributed by atoms with E-state index in [-0.39, 0.29) is 0 Å². The average Bonchev–Trinajstić information content (AvgIpc) is 2.68. The third-order valence-electron chi connectivity index (χ3n) is 2.70. The van der Waals surface area contributed by atoms with Crippen molar-refractivity contribution in [3.8, 4) is 6.07 Å². The van der Waals surface area contributed by atoms with E-state index in [1.54, 1.807) is 0 Å². The Morgan fingerprint density at radius 1 is 1.21 bits per heavy atom. The summed E-state index contributed by atoms with van der Waals surface area (Å²) in [7, 11) is 0. The van der Waals surface area contributed by atoms with Crippen molar-refractivity contribution in [2.45, 2.75) is 18.3 Å². The molecule has 0 amide bonds. The summed E-state index contributed by atoms with van der Waals surface area (Å²) < 4.78 is 0. The van der Waals surface area contributed by atoms with Crippen LogP contribution >= 0.6 is 11.6 Å². The molecule has 0 radical (unpaired) electrons. The SMILES string of the molecule is N#CC1(c2ccccc2Cl)CC=CC1. The third kappa shape index (κ3) is 1.32. The summed E-state index contributed by atoms with van der Waals surface area (Å²) in [5.74, 6) is 0. The molecule has 1 aromatic carbocycles. The summed E-state index contributed by atoms with van der Waals surface area (Å²) in [6.45, 7) is 0. The molecule has 0 unspecified atom stereocenters. The molecular weight excluding hydrogens is 194 g/mol. The summed E-state index contributed by atoms with van der Waals surface area (Å²) in [4.78, 5) is 0. The van der Waals surface area contributed by atoms with E-state index in [2.05, 4.69) is 6.07 Å². The van der Waals surface area contributed by atoms with Gasteiger partial charge in [0, 0.05) is 5.02 Å². The van der Waals surface area contributed by atoms with Gasteiger partial charge in [0.1, 0.15) is 0 Å². The Hall–Kier alpha value is -1.26. The Kier molecular flexibility index (Phi) is 2.31. The molecule has 2 heteroatoms. The number of rotatable bonds is 1. The lowest BCUT2D eigenvalue weighted by molar-refractivity contribution is 0.597. The fraction of sp³-hybridized carbons (Fsp3) is 0.250. The van der Waals surface area contributed by atoms with Crippen molar-refractivity contribution >= 4 is 11.6 Å². The van der Waals surface area contributed by atoms with E-state index in [1.165, 1.54) is 0 Å². The van der Waals surface area contributed by atoms with E-state index in [4.69, 9.17) is 11.6 Å². The number of nitriles is 1. The van der Waals surface area contributed by atoms with Crippen LogP contribution in [0, 0.1) is 11.3 Å². The minimum absolute atomic E-state index is 0.418. The summed E-state index contributed by atoms with van der Waals surface area (Å²) in [5.41, 5.74) is 0.535. The molecule has 0 aliphatic heterocycles. The summed E-state index contributed by atoms with van der Waals surface area (Å²) in [6.07, 6.45) is 5.64. The Bertz CT molecular complexity index is 407.